The highest BCUT2D eigenvalue weighted by Gasteiger charge is 2.22. The van der Waals surface area contributed by atoms with Crippen LogP contribution in [0.4, 0.5) is 5.82 Å². The van der Waals surface area contributed by atoms with Gasteiger partial charge in [-0.15, -0.1) is 0 Å². The normalized spacial score (nSPS) is 13.7. The van der Waals surface area contributed by atoms with Gasteiger partial charge in [-0.3, -0.25) is 0 Å². The molecule has 0 unspecified atom stereocenters. The largest absolute Gasteiger partial charge is 0.347 e. The molecule has 1 aromatic heterocycles. The lowest BCUT2D eigenvalue weighted by molar-refractivity contribution is 0.763. The number of rotatable bonds is 2. The van der Waals surface area contributed by atoms with E-state index in [4.69, 9.17) is 11.6 Å². The fourth-order valence-corrected chi connectivity index (χ4v) is 2.61. The Hall–Kier alpha value is -2.25. The van der Waals surface area contributed by atoms with Crippen LogP contribution < -0.4 is 4.90 Å². The van der Waals surface area contributed by atoms with E-state index < -0.39 is 0 Å². The lowest BCUT2D eigenvalue weighted by atomic mass is 10.2. The molecule has 5 heteroatoms. The molecule has 0 spiro atoms. The van der Waals surface area contributed by atoms with Crippen molar-refractivity contribution in [1.82, 2.24) is 9.78 Å². The number of hydrogen-bond donors (Lipinski definition) is 0. The summed E-state index contributed by atoms with van der Waals surface area (Å²) in [4.78, 5) is 2.13. The fraction of sp³-hybridized carbons (Fsp3) is 0.200. The van der Waals surface area contributed by atoms with Gasteiger partial charge in [0.1, 0.15) is 11.6 Å². The summed E-state index contributed by atoms with van der Waals surface area (Å²) in [7, 11) is 0. The van der Waals surface area contributed by atoms with Gasteiger partial charge in [0.05, 0.1) is 6.20 Å². The Kier molecular flexibility index (Phi) is 3.21. The van der Waals surface area contributed by atoms with Crippen molar-refractivity contribution < 1.29 is 0 Å². The molecular weight excluding hydrogens is 272 g/mol. The van der Waals surface area contributed by atoms with Gasteiger partial charge in [-0.2, -0.15) is 10.4 Å². The smallest absolute Gasteiger partial charge is 0.150 e. The van der Waals surface area contributed by atoms with Crippen LogP contribution in [0.1, 0.15) is 18.1 Å². The van der Waals surface area contributed by atoms with Crippen molar-refractivity contribution in [1.29, 1.82) is 5.26 Å². The Morgan fingerprint density at radius 1 is 1.45 bits per heavy atom. The molecule has 0 atom stereocenters. The Bertz CT molecular complexity index is 724. The summed E-state index contributed by atoms with van der Waals surface area (Å²) in [5.74, 6) is 0.854. The predicted molar refractivity (Wildman–Crippen MR) is 79.4 cm³/mol. The molecule has 2 aromatic rings. The van der Waals surface area contributed by atoms with E-state index in [9.17, 15) is 5.26 Å². The molecule has 0 bridgehead atoms. The summed E-state index contributed by atoms with van der Waals surface area (Å²) in [6.07, 6.45) is 3.72. The lowest BCUT2D eigenvalue weighted by Crippen LogP contribution is -2.29. The summed E-state index contributed by atoms with van der Waals surface area (Å²) >= 11 is 6.02. The van der Waals surface area contributed by atoms with Gasteiger partial charge in [0.15, 0.2) is 5.82 Å². The quantitative estimate of drug-likeness (QED) is 0.850. The van der Waals surface area contributed by atoms with Crippen molar-refractivity contribution in [2.45, 2.75) is 13.5 Å². The molecule has 0 fully saturated rings. The van der Waals surface area contributed by atoms with E-state index in [-0.39, 0.29) is 0 Å². The third-order valence-electron chi connectivity index (χ3n) is 3.37. The number of halogens is 1. The lowest BCUT2D eigenvalue weighted by Gasteiger charge is -2.28. The van der Waals surface area contributed by atoms with Gasteiger partial charge in [-0.05, 0) is 30.7 Å². The Morgan fingerprint density at radius 2 is 2.30 bits per heavy atom. The number of aromatic nitrogens is 2. The molecule has 0 radical (unpaired) electrons. The van der Waals surface area contributed by atoms with Gasteiger partial charge >= 0.3 is 0 Å². The standard InChI is InChI=1S/C15H13ClN4/c1-11-5-6-19(10-12-3-2-4-14(16)7-12)15-13(8-17)9-18-20(11)15/h2-5,7,9H,6,10H2,1H3. The Morgan fingerprint density at radius 3 is 3.05 bits per heavy atom. The summed E-state index contributed by atoms with van der Waals surface area (Å²) in [5, 5.41) is 14.2. The first kappa shape index (κ1) is 12.8. The van der Waals surface area contributed by atoms with Crippen LogP contribution >= 0.6 is 11.6 Å². The van der Waals surface area contributed by atoms with Gasteiger partial charge in [0.2, 0.25) is 0 Å². The predicted octanol–water partition coefficient (Wildman–Crippen LogP) is 3.29. The van der Waals surface area contributed by atoms with Crippen molar-refractivity contribution in [3.8, 4) is 6.07 Å². The molecule has 0 amide bonds. The average molecular weight is 285 g/mol. The average Bonchev–Trinajstić information content (AvgIpc) is 2.87. The highest BCUT2D eigenvalue weighted by molar-refractivity contribution is 6.30. The number of anilines is 1. The minimum absolute atomic E-state index is 0.597. The minimum Gasteiger partial charge on any atom is -0.347 e. The van der Waals surface area contributed by atoms with Crippen LogP contribution in [0.3, 0.4) is 0 Å². The van der Waals surface area contributed by atoms with Crippen molar-refractivity contribution in [2.75, 3.05) is 11.4 Å². The minimum atomic E-state index is 0.597. The molecule has 20 heavy (non-hydrogen) atoms. The third kappa shape index (κ3) is 2.17. The molecule has 0 saturated heterocycles. The summed E-state index contributed by atoms with van der Waals surface area (Å²) in [6.45, 7) is 3.46. The zero-order valence-corrected chi connectivity index (χ0v) is 11.8. The van der Waals surface area contributed by atoms with Crippen LogP contribution in [0.15, 0.2) is 36.5 Å². The van der Waals surface area contributed by atoms with E-state index in [0.717, 1.165) is 28.6 Å². The third-order valence-corrected chi connectivity index (χ3v) is 3.60. The number of hydrogen-bond acceptors (Lipinski definition) is 3. The first-order valence-electron chi connectivity index (χ1n) is 6.33. The van der Waals surface area contributed by atoms with Gasteiger partial charge in [-0.25, -0.2) is 4.68 Å². The molecular formula is C15H13ClN4. The number of fused-ring (bicyclic) bond motifs is 1. The second-order valence-electron chi connectivity index (χ2n) is 4.76. The molecule has 0 N–H and O–H groups in total. The Balaban J connectivity index is 1.97. The number of nitriles is 1. The fourth-order valence-electron chi connectivity index (χ4n) is 2.39. The van der Waals surface area contributed by atoms with Crippen molar-refractivity contribution in [3.63, 3.8) is 0 Å². The summed E-state index contributed by atoms with van der Waals surface area (Å²) in [5.41, 5.74) is 2.76. The SMILES string of the molecule is CC1=CCN(Cc2cccc(Cl)c2)c2c(C#N)cnn21. The van der Waals surface area contributed by atoms with Crippen LogP contribution in [-0.4, -0.2) is 16.3 Å². The number of nitrogens with zero attached hydrogens (tertiary/aromatic N) is 4. The molecule has 0 aliphatic carbocycles. The summed E-state index contributed by atoms with van der Waals surface area (Å²) < 4.78 is 1.81. The van der Waals surface area contributed by atoms with Gasteiger partial charge in [0, 0.05) is 23.8 Å². The first-order valence-corrected chi connectivity index (χ1v) is 6.71. The molecule has 1 aliphatic rings. The van der Waals surface area contributed by atoms with Crippen LogP contribution in [0.5, 0.6) is 0 Å². The van der Waals surface area contributed by atoms with E-state index in [1.807, 2.05) is 35.9 Å². The highest BCUT2D eigenvalue weighted by atomic mass is 35.5. The van der Waals surface area contributed by atoms with Crippen LogP contribution in [0.2, 0.25) is 5.02 Å². The molecule has 0 saturated carbocycles. The molecule has 100 valence electrons. The monoisotopic (exact) mass is 284 g/mol. The molecule has 4 nitrogen and oxygen atoms in total. The first-order chi connectivity index (χ1) is 9.69. The second-order valence-corrected chi connectivity index (χ2v) is 5.20. The topological polar surface area (TPSA) is 44.9 Å². The van der Waals surface area contributed by atoms with Crippen molar-refractivity contribution in [2.24, 2.45) is 0 Å². The van der Waals surface area contributed by atoms with Gasteiger partial charge < -0.3 is 4.90 Å². The van der Waals surface area contributed by atoms with Gasteiger partial charge in [-0.1, -0.05) is 23.7 Å². The number of benzene rings is 1. The molecule has 1 aromatic carbocycles. The second kappa shape index (κ2) is 5.03. The van der Waals surface area contributed by atoms with Crippen LogP contribution in [0.25, 0.3) is 5.70 Å². The Labute approximate surface area is 122 Å². The van der Waals surface area contributed by atoms with Crippen molar-refractivity contribution >= 4 is 23.1 Å². The van der Waals surface area contributed by atoms with E-state index in [1.165, 1.54) is 0 Å². The summed E-state index contributed by atoms with van der Waals surface area (Å²) in [6, 6.07) is 9.97. The zero-order chi connectivity index (χ0) is 14.1. The van der Waals surface area contributed by atoms with E-state index >= 15 is 0 Å². The highest BCUT2D eigenvalue weighted by Crippen LogP contribution is 2.28. The van der Waals surface area contributed by atoms with E-state index in [2.05, 4.69) is 22.1 Å². The molecule has 1 aliphatic heterocycles. The van der Waals surface area contributed by atoms with E-state index in [0.29, 0.717) is 12.1 Å². The van der Waals surface area contributed by atoms with Crippen LogP contribution in [0, 0.1) is 11.3 Å². The maximum absolute atomic E-state index is 9.23. The molecule has 3 rings (SSSR count). The van der Waals surface area contributed by atoms with E-state index in [1.54, 1.807) is 6.20 Å². The maximum Gasteiger partial charge on any atom is 0.150 e. The zero-order valence-electron chi connectivity index (χ0n) is 11.0. The van der Waals surface area contributed by atoms with Crippen molar-refractivity contribution in [3.05, 3.63) is 52.7 Å². The van der Waals surface area contributed by atoms with Crippen LogP contribution in [-0.2, 0) is 6.54 Å². The number of allylic oxidation sites excluding steroid dienone is 1. The molecule has 2 heterocycles. The van der Waals surface area contributed by atoms with Gasteiger partial charge in [0.25, 0.3) is 0 Å². The maximum atomic E-state index is 9.23.